The molecule has 7 heteroatoms. The van der Waals surface area contributed by atoms with Gasteiger partial charge in [-0.05, 0) is 42.6 Å². The van der Waals surface area contributed by atoms with Crippen molar-refractivity contribution in [2.75, 3.05) is 13.1 Å². The summed E-state index contributed by atoms with van der Waals surface area (Å²) in [5.74, 6) is 0. The van der Waals surface area contributed by atoms with E-state index in [4.69, 9.17) is 4.74 Å². The van der Waals surface area contributed by atoms with Crippen LogP contribution < -0.4 is 0 Å². The van der Waals surface area contributed by atoms with Crippen LogP contribution in [0.1, 0.15) is 38.3 Å². The maximum atomic E-state index is 10.5. The molecule has 2 rings (SSSR count). The van der Waals surface area contributed by atoms with Crippen LogP contribution in [0.15, 0.2) is 10.8 Å². The Morgan fingerprint density at radius 1 is 1.55 bits per heavy atom. The zero-order chi connectivity index (χ0) is 14.8. The number of carbonyl (C=O) groups is 1. The van der Waals surface area contributed by atoms with Crippen molar-refractivity contribution in [2.45, 2.75) is 45.1 Å². The molecule has 1 fully saturated rings. The van der Waals surface area contributed by atoms with Crippen molar-refractivity contribution in [1.29, 1.82) is 0 Å². The summed E-state index contributed by atoms with van der Waals surface area (Å²) in [7, 11) is 0. The van der Waals surface area contributed by atoms with Gasteiger partial charge in [-0.2, -0.15) is 5.10 Å². The highest BCUT2D eigenvalue weighted by molar-refractivity contribution is 9.10. The minimum absolute atomic E-state index is 0.0143. The number of likely N-dealkylation sites (tertiary alicyclic amines) is 1. The molecule has 0 unspecified atom stereocenters. The average molecular weight is 346 g/mol. The van der Waals surface area contributed by atoms with Gasteiger partial charge in [-0.25, -0.2) is 0 Å². The van der Waals surface area contributed by atoms with E-state index in [-0.39, 0.29) is 6.61 Å². The first-order valence-electron chi connectivity index (χ1n) is 6.69. The van der Waals surface area contributed by atoms with Crippen molar-refractivity contribution in [3.8, 4) is 0 Å². The van der Waals surface area contributed by atoms with E-state index in [9.17, 15) is 9.90 Å². The number of piperidine rings is 1. The number of halogens is 1. The Morgan fingerprint density at radius 2 is 2.20 bits per heavy atom. The third-order valence-corrected chi connectivity index (χ3v) is 4.76. The Hall–Kier alpha value is -0.920. The van der Waals surface area contributed by atoms with E-state index in [1.165, 1.54) is 0 Å². The number of hydrogen-bond donors (Lipinski definition) is 1. The van der Waals surface area contributed by atoms with Gasteiger partial charge in [0.05, 0.1) is 18.8 Å². The first-order chi connectivity index (χ1) is 9.49. The van der Waals surface area contributed by atoms with Gasteiger partial charge in [0.1, 0.15) is 4.60 Å². The molecule has 0 bridgehead atoms. The minimum atomic E-state index is -0.565. The van der Waals surface area contributed by atoms with Crippen molar-refractivity contribution in [3.05, 3.63) is 16.4 Å². The van der Waals surface area contributed by atoms with Gasteiger partial charge in [0.2, 0.25) is 0 Å². The topological polar surface area (TPSA) is 67.6 Å². The molecule has 1 saturated heterocycles. The normalized spacial score (nSPS) is 18.2. The van der Waals surface area contributed by atoms with E-state index in [1.807, 2.05) is 18.5 Å². The molecule has 0 amide bonds. The summed E-state index contributed by atoms with van der Waals surface area (Å²) in [6, 6.07) is 0.299. The highest BCUT2D eigenvalue weighted by Crippen LogP contribution is 2.30. The fourth-order valence-electron chi connectivity index (χ4n) is 2.58. The van der Waals surface area contributed by atoms with E-state index in [0.29, 0.717) is 12.5 Å². The molecule has 1 aliphatic rings. The smallest absolute Gasteiger partial charge is 0.294 e. The minimum Gasteiger partial charge on any atom is -0.446 e. The van der Waals surface area contributed by atoms with Crippen molar-refractivity contribution >= 4 is 22.4 Å². The monoisotopic (exact) mass is 345 g/mol. The molecule has 0 atom stereocenters. The molecular formula is C13H20BrN3O3. The Bertz CT molecular complexity index is 467. The molecule has 0 spiro atoms. The lowest BCUT2D eigenvalue weighted by Crippen LogP contribution is -2.50. The second-order valence-corrected chi connectivity index (χ2v) is 6.19. The highest BCUT2D eigenvalue weighted by Gasteiger charge is 2.33. The molecule has 20 heavy (non-hydrogen) atoms. The maximum absolute atomic E-state index is 10.5. The van der Waals surface area contributed by atoms with Crippen LogP contribution in [0.4, 0.5) is 0 Å². The number of rotatable bonds is 5. The SMILES string of the molecule is CC(C)(OC=O)N1CCC(n2ncc(CO)c2Br)CC1. The second kappa shape index (κ2) is 6.24. The Labute approximate surface area is 126 Å². The van der Waals surface area contributed by atoms with Crippen molar-refractivity contribution in [1.82, 2.24) is 14.7 Å². The van der Waals surface area contributed by atoms with Crippen LogP contribution in [0, 0.1) is 0 Å². The molecule has 1 aliphatic heterocycles. The number of hydrogen-bond acceptors (Lipinski definition) is 5. The van der Waals surface area contributed by atoms with Crippen LogP contribution >= 0.6 is 15.9 Å². The summed E-state index contributed by atoms with van der Waals surface area (Å²) >= 11 is 3.48. The summed E-state index contributed by atoms with van der Waals surface area (Å²) in [5, 5.41) is 13.5. The highest BCUT2D eigenvalue weighted by atomic mass is 79.9. The van der Waals surface area contributed by atoms with Gasteiger partial charge < -0.3 is 9.84 Å². The molecule has 0 saturated carbocycles. The molecule has 0 aliphatic carbocycles. The zero-order valence-electron chi connectivity index (χ0n) is 11.8. The van der Waals surface area contributed by atoms with E-state index in [1.54, 1.807) is 6.20 Å². The van der Waals surface area contributed by atoms with Gasteiger partial charge in [-0.15, -0.1) is 0 Å². The average Bonchev–Trinajstić information content (AvgIpc) is 2.80. The lowest BCUT2D eigenvalue weighted by Gasteiger charge is -2.41. The Balaban J connectivity index is 2.00. The maximum Gasteiger partial charge on any atom is 0.294 e. The van der Waals surface area contributed by atoms with E-state index in [0.717, 1.165) is 36.1 Å². The van der Waals surface area contributed by atoms with Crippen LogP contribution in [0.3, 0.4) is 0 Å². The number of aliphatic hydroxyl groups excluding tert-OH is 1. The quantitative estimate of drug-likeness (QED) is 0.822. The number of nitrogens with zero attached hydrogens (tertiary/aromatic N) is 3. The number of aromatic nitrogens is 2. The lowest BCUT2D eigenvalue weighted by molar-refractivity contribution is -0.164. The largest absolute Gasteiger partial charge is 0.446 e. The van der Waals surface area contributed by atoms with Crippen LogP contribution in [0.2, 0.25) is 0 Å². The molecule has 112 valence electrons. The molecule has 2 heterocycles. The molecule has 1 aromatic rings. The Kier molecular flexibility index (Phi) is 4.82. The zero-order valence-corrected chi connectivity index (χ0v) is 13.3. The molecule has 0 aromatic carbocycles. The van der Waals surface area contributed by atoms with E-state index in [2.05, 4.69) is 25.9 Å². The number of ether oxygens (including phenoxy) is 1. The predicted molar refractivity (Wildman–Crippen MR) is 76.9 cm³/mol. The summed E-state index contributed by atoms with van der Waals surface area (Å²) < 4.78 is 7.91. The standard InChI is InChI=1S/C13H20BrN3O3/c1-13(2,20-9-19)16-5-3-11(4-6-16)17-12(14)10(8-18)7-15-17/h7,9,11,18H,3-6,8H2,1-2H3. The van der Waals surface area contributed by atoms with Crippen molar-refractivity contribution in [2.24, 2.45) is 0 Å². The van der Waals surface area contributed by atoms with E-state index < -0.39 is 5.72 Å². The van der Waals surface area contributed by atoms with Crippen LogP contribution in [0.5, 0.6) is 0 Å². The fraction of sp³-hybridized carbons (Fsp3) is 0.692. The summed E-state index contributed by atoms with van der Waals surface area (Å²) in [6.07, 6.45) is 3.55. The second-order valence-electron chi connectivity index (χ2n) is 5.44. The predicted octanol–water partition coefficient (Wildman–Crippen LogP) is 1.68. The molecular weight excluding hydrogens is 326 g/mol. The molecule has 1 N–H and O–H groups in total. The van der Waals surface area contributed by atoms with Crippen LogP contribution in [0.25, 0.3) is 0 Å². The van der Waals surface area contributed by atoms with Crippen molar-refractivity contribution < 1.29 is 14.6 Å². The lowest BCUT2D eigenvalue weighted by atomic mass is 10.0. The number of carbonyl (C=O) groups excluding carboxylic acids is 1. The fourth-order valence-corrected chi connectivity index (χ4v) is 3.19. The van der Waals surface area contributed by atoms with Gasteiger partial charge in [-0.1, -0.05) is 0 Å². The number of aliphatic hydroxyl groups is 1. The van der Waals surface area contributed by atoms with Gasteiger partial charge in [0.15, 0.2) is 5.72 Å². The van der Waals surface area contributed by atoms with Gasteiger partial charge in [0, 0.05) is 18.7 Å². The molecule has 0 radical (unpaired) electrons. The van der Waals surface area contributed by atoms with E-state index >= 15 is 0 Å². The third-order valence-electron chi connectivity index (χ3n) is 3.88. The summed E-state index contributed by atoms with van der Waals surface area (Å²) in [5.41, 5.74) is 0.238. The Morgan fingerprint density at radius 3 is 2.70 bits per heavy atom. The van der Waals surface area contributed by atoms with Gasteiger partial charge in [-0.3, -0.25) is 14.4 Å². The third kappa shape index (κ3) is 3.05. The molecule has 6 nitrogen and oxygen atoms in total. The van der Waals surface area contributed by atoms with Crippen LogP contribution in [-0.4, -0.2) is 45.1 Å². The van der Waals surface area contributed by atoms with Gasteiger partial charge in [0.25, 0.3) is 6.47 Å². The summed E-state index contributed by atoms with van der Waals surface area (Å²) in [4.78, 5) is 12.7. The molecule has 1 aromatic heterocycles. The summed E-state index contributed by atoms with van der Waals surface area (Å²) in [6.45, 7) is 5.96. The van der Waals surface area contributed by atoms with Crippen LogP contribution in [-0.2, 0) is 16.1 Å². The first-order valence-corrected chi connectivity index (χ1v) is 7.48. The van der Waals surface area contributed by atoms with Crippen molar-refractivity contribution in [3.63, 3.8) is 0 Å². The van der Waals surface area contributed by atoms with Gasteiger partial charge >= 0.3 is 0 Å². The first kappa shape index (κ1) is 15.5.